The van der Waals surface area contributed by atoms with E-state index in [0.29, 0.717) is 23.6 Å². The average molecular weight is 289 g/mol. The average Bonchev–Trinajstić information content (AvgIpc) is 2.69. The van der Waals surface area contributed by atoms with Gasteiger partial charge in [0.2, 0.25) is 5.91 Å². The van der Waals surface area contributed by atoms with Crippen LogP contribution in [0.1, 0.15) is 50.5 Å². The van der Waals surface area contributed by atoms with E-state index in [1.165, 1.54) is 25.7 Å². The van der Waals surface area contributed by atoms with Crippen molar-refractivity contribution in [2.45, 2.75) is 51.4 Å². The summed E-state index contributed by atoms with van der Waals surface area (Å²) < 4.78 is 0. The number of rotatable bonds is 5. The zero-order chi connectivity index (χ0) is 15.1. The predicted octanol–water partition coefficient (Wildman–Crippen LogP) is 3.61. The lowest BCUT2D eigenvalue weighted by Gasteiger charge is -2.15. The number of hydrogen-bond donors (Lipinski definition) is 2. The molecule has 0 unspecified atom stereocenters. The highest BCUT2D eigenvalue weighted by Gasteiger charge is 2.17. The van der Waals surface area contributed by atoms with Gasteiger partial charge in [-0.15, -0.1) is 0 Å². The Labute approximate surface area is 125 Å². The molecule has 1 aliphatic rings. The van der Waals surface area contributed by atoms with Crippen LogP contribution in [0.15, 0.2) is 24.3 Å². The van der Waals surface area contributed by atoms with Crippen molar-refractivity contribution in [2.75, 3.05) is 5.32 Å². The molecule has 1 amide bonds. The van der Waals surface area contributed by atoms with Crippen LogP contribution in [0.3, 0.4) is 0 Å². The second-order valence-electron chi connectivity index (χ2n) is 5.84. The molecule has 21 heavy (non-hydrogen) atoms. The quantitative estimate of drug-likeness (QED) is 0.814. The molecule has 0 radical (unpaired) electrons. The van der Waals surface area contributed by atoms with Gasteiger partial charge in [0.05, 0.1) is 6.42 Å². The van der Waals surface area contributed by atoms with Gasteiger partial charge >= 0.3 is 5.97 Å². The van der Waals surface area contributed by atoms with Crippen LogP contribution in [0.5, 0.6) is 0 Å². The summed E-state index contributed by atoms with van der Waals surface area (Å²) in [5, 5.41) is 11.8. The Morgan fingerprint density at radius 3 is 2.43 bits per heavy atom. The van der Waals surface area contributed by atoms with E-state index in [2.05, 4.69) is 5.32 Å². The summed E-state index contributed by atoms with van der Waals surface area (Å²) in [6.45, 7) is 0. The molecule has 1 fully saturated rings. The first kappa shape index (κ1) is 15.5. The maximum atomic E-state index is 12.2. The number of hydrogen-bond acceptors (Lipinski definition) is 2. The van der Waals surface area contributed by atoms with E-state index in [-0.39, 0.29) is 12.3 Å². The third-order valence-electron chi connectivity index (χ3n) is 4.08. The van der Waals surface area contributed by atoms with Crippen molar-refractivity contribution in [3.8, 4) is 0 Å². The Kier molecular flexibility index (Phi) is 5.78. The van der Waals surface area contributed by atoms with Gasteiger partial charge in [0.25, 0.3) is 0 Å². The Hall–Kier alpha value is -1.84. The molecule has 4 nitrogen and oxygen atoms in total. The number of nitrogens with one attached hydrogen (secondary N) is 1. The fourth-order valence-electron chi connectivity index (χ4n) is 2.99. The first-order valence-electron chi connectivity index (χ1n) is 7.74. The van der Waals surface area contributed by atoms with Crippen LogP contribution in [0.25, 0.3) is 0 Å². The zero-order valence-electron chi connectivity index (χ0n) is 12.3. The van der Waals surface area contributed by atoms with Gasteiger partial charge in [0.1, 0.15) is 0 Å². The van der Waals surface area contributed by atoms with Crippen molar-refractivity contribution in [2.24, 2.45) is 5.92 Å². The molecule has 4 heteroatoms. The molecule has 1 aromatic rings. The van der Waals surface area contributed by atoms with E-state index in [9.17, 15) is 9.59 Å². The van der Waals surface area contributed by atoms with Crippen LogP contribution in [0.4, 0.5) is 5.69 Å². The fourth-order valence-corrected chi connectivity index (χ4v) is 2.99. The maximum absolute atomic E-state index is 12.2. The highest BCUT2D eigenvalue weighted by Crippen LogP contribution is 2.26. The highest BCUT2D eigenvalue weighted by atomic mass is 16.4. The largest absolute Gasteiger partial charge is 0.481 e. The van der Waals surface area contributed by atoms with Gasteiger partial charge in [-0.3, -0.25) is 9.59 Å². The smallest absolute Gasteiger partial charge is 0.307 e. The van der Waals surface area contributed by atoms with Gasteiger partial charge in [-0.1, -0.05) is 43.9 Å². The molecule has 0 atom stereocenters. The molecular formula is C17H23NO3. The minimum atomic E-state index is -0.888. The Balaban J connectivity index is 1.94. The second-order valence-corrected chi connectivity index (χ2v) is 5.84. The monoisotopic (exact) mass is 289 g/mol. The Morgan fingerprint density at radius 1 is 1.10 bits per heavy atom. The van der Waals surface area contributed by atoms with Gasteiger partial charge in [-0.05, 0) is 30.4 Å². The standard InChI is InChI=1S/C17H23NO3/c19-16(11-13-7-3-1-2-4-8-13)18-15-10-6-5-9-14(15)12-17(20)21/h5-6,9-10,13H,1-4,7-8,11-12H2,(H,18,19)(H,20,21). The SMILES string of the molecule is O=C(O)Cc1ccccc1NC(=O)CC1CCCCCC1. The van der Waals surface area contributed by atoms with Crippen LogP contribution in [0, 0.1) is 5.92 Å². The number of carboxylic acid groups (broad SMARTS) is 1. The van der Waals surface area contributed by atoms with E-state index >= 15 is 0 Å². The van der Waals surface area contributed by atoms with Gasteiger partial charge in [-0.25, -0.2) is 0 Å². The molecular weight excluding hydrogens is 266 g/mol. The number of para-hydroxylation sites is 1. The Bertz CT molecular complexity index is 491. The van der Waals surface area contributed by atoms with Crippen LogP contribution < -0.4 is 5.32 Å². The second kappa shape index (κ2) is 7.81. The topological polar surface area (TPSA) is 66.4 Å². The molecule has 0 heterocycles. The predicted molar refractivity (Wildman–Crippen MR) is 82.2 cm³/mol. The lowest BCUT2D eigenvalue weighted by Crippen LogP contribution is -2.17. The maximum Gasteiger partial charge on any atom is 0.307 e. The molecule has 0 aromatic heterocycles. The van der Waals surface area contributed by atoms with E-state index in [1.54, 1.807) is 18.2 Å². The van der Waals surface area contributed by atoms with Crippen LogP contribution in [-0.4, -0.2) is 17.0 Å². The molecule has 1 saturated carbocycles. The normalized spacial score (nSPS) is 16.2. The third kappa shape index (κ3) is 5.21. The Morgan fingerprint density at radius 2 is 1.76 bits per heavy atom. The lowest BCUT2D eigenvalue weighted by atomic mass is 9.96. The first-order valence-corrected chi connectivity index (χ1v) is 7.74. The van der Waals surface area contributed by atoms with Crippen molar-refractivity contribution >= 4 is 17.6 Å². The zero-order valence-corrected chi connectivity index (χ0v) is 12.3. The van der Waals surface area contributed by atoms with Crippen LogP contribution >= 0.6 is 0 Å². The molecule has 0 saturated heterocycles. The van der Waals surface area contributed by atoms with Crippen molar-refractivity contribution in [1.29, 1.82) is 0 Å². The summed E-state index contributed by atoms with van der Waals surface area (Å²) in [6, 6.07) is 7.12. The molecule has 0 spiro atoms. The molecule has 0 aliphatic heterocycles. The highest BCUT2D eigenvalue weighted by molar-refractivity contribution is 5.92. The molecule has 1 aliphatic carbocycles. The fraction of sp³-hybridized carbons (Fsp3) is 0.529. The van der Waals surface area contributed by atoms with Gasteiger partial charge in [0, 0.05) is 12.1 Å². The van der Waals surface area contributed by atoms with E-state index in [0.717, 1.165) is 12.8 Å². The molecule has 0 bridgehead atoms. The number of carbonyl (C=O) groups excluding carboxylic acids is 1. The van der Waals surface area contributed by atoms with Crippen molar-refractivity contribution in [3.05, 3.63) is 29.8 Å². The van der Waals surface area contributed by atoms with Crippen LogP contribution in [0.2, 0.25) is 0 Å². The van der Waals surface area contributed by atoms with Crippen molar-refractivity contribution in [1.82, 2.24) is 0 Å². The number of carbonyl (C=O) groups is 2. The number of benzene rings is 1. The number of carboxylic acids is 1. The summed E-state index contributed by atoms with van der Waals surface area (Å²) in [5.41, 5.74) is 1.28. The molecule has 2 rings (SSSR count). The van der Waals surface area contributed by atoms with Gasteiger partial charge in [-0.2, -0.15) is 0 Å². The molecule has 1 aromatic carbocycles. The third-order valence-corrected chi connectivity index (χ3v) is 4.08. The number of aliphatic carboxylic acids is 1. The number of amides is 1. The van der Waals surface area contributed by atoms with Gasteiger partial charge < -0.3 is 10.4 Å². The minimum Gasteiger partial charge on any atom is -0.481 e. The molecule has 2 N–H and O–H groups in total. The number of anilines is 1. The molecule has 114 valence electrons. The van der Waals surface area contributed by atoms with Crippen molar-refractivity contribution in [3.63, 3.8) is 0 Å². The van der Waals surface area contributed by atoms with Crippen LogP contribution in [-0.2, 0) is 16.0 Å². The summed E-state index contributed by atoms with van der Waals surface area (Å²) in [5.74, 6) is -0.417. The summed E-state index contributed by atoms with van der Waals surface area (Å²) in [4.78, 5) is 23.0. The summed E-state index contributed by atoms with van der Waals surface area (Å²) in [6.07, 6.45) is 7.72. The van der Waals surface area contributed by atoms with Crippen molar-refractivity contribution < 1.29 is 14.7 Å². The summed E-state index contributed by atoms with van der Waals surface area (Å²) >= 11 is 0. The van der Waals surface area contributed by atoms with Gasteiger partial charge in [0.15, 0.2) is 0 Å². The first-order chi connectivity index (χ1) is 10.1. The lowest BCUT2D eigenvalue weighted by molar-refractivity contribution is -0.136. The van der Waals surface area contributed by atoms with E-state index in [4.69, 9.17) is 5.11 Å². The minimum absolute atomic E-state index is 0.000242. The van der Waals surface area contributed by atoms with E-state index in [1.807, 2.05) is 6.07 Å². The van der Waals surface area contributed by atoms with E-state index < -0.39 is 5.97 Å². The summed E-state index contributed by atoms with van der Waals surface area (Å²) in [7, 11) is 0.